The summed E-state index contributed by atoms with van der Waals surface area (Å²) >= 11 is 0. The Morgan fingerprint density at radius 1 is 1.58 bits per heavy atom. The lowest BCUT2D eigenvalue weighted by atomic mass is 9.95. The molecule has 3 heteroatoms. The van der Waals surface area contributed by atoms with Crippen LogP contribution in [0.25, 0.3) is 0 Å². The SMILES string of the molecule is C=PCN(CC)CC(C)(C)C=O. The van der Waals surface area contributed by atoms with Gasteiger partial charge in [0.2, 0.25) is 0 Å². The van der Waals surface area contributed by atoms with Crippen LogP contribution >= 0.6 is 8.20 Å². The largest absolute Gasteiger partial charge is 0.303 e. The molecule has 0 spiro atoms. The van der Waals surface area contributed by atoms with Gasteiger partial charge in [-0.2, -0.15) is 0 Å². The standard InChI is InChI=1S/C9H18NOP/c1-5-10(8-12-4)6-9(2,3)7-11/h7H,4-6,8H2,1-3H3. The van der Waals surface area contributed by atoms with E-state index in [1.807, 2.05) is 13.8 Å². The van der Waals surface area contributed by atoms with Crippen molar-refractivity contribution in [1.29, 1.82) is 0 Å². The number of aldehydes is 1. The van der Waals surface area contributed by atoms with E-state index in [1.54, 1.807) is 0 Å². The average Bonchev–Trinajstić information content (AvgIpc) is 2.03. The van der Waals surface area contributed by atoms with E-state index >= 15 is 0 Å². The van der Waals surface area contributed by atoms with Crippen LogP contribution in [0.3, 0.4) is 0 Å². The molecule has 0 rings (SSSR count). The van der Waals surface area contributed by atoms with Crippen molar-refractivity contribution in [1.82, 2.24) is 4.90 Å². The van der Waals surface area contributed by atoms with Gasteiger partial charge in [0.05, 0.1) is 0 Å². The van der Waals surface area contributed by atoms with E-state index in [9.17, 15) is 4.79 Å². The molecule has 0 aliphatic carbocycles. The summed E-state index contributed by atoms with van der Waals surface area (Å²) in [7, 11) is 1.12. The van der Waals surface area contributed by atoms with Crippen molar-refractivity contribution in [3.8, 4) is 0 Å². The summed E-state index contributed by atoms with van der Waals surface area (Å²) in [6, 6.07) is 0. The summed E-state index contributed by atoms with van der Waals surface area (Å²) in [5, 5.41) is 0. The summed E-state index contributed by atoms with van der Waals surface area (Å²) in [4.78, 5) is 12.9. The zero-order valence-corrected chi connectivity index (χ0v) is 9.10. The first-order valence-electron chi connectivity index (χ1n) is 4.17. The van der Waals surface area contributed by atoms with Crippen molar-refractivity contribution in [3.63, 3.8) is 0 Å². The lowest BCUT2D eigenvalue weighted by Gasteiger charge is -2.26. The second kappa shape index (κ2) is 5.45. The fourth-order valence-electron chi connectivity index (χ4n) is 1.02. The van der Waals surface area contributed by atoms with Gasteiger partial charge in [-0.3, -0.25) is 4.90 Å². The van der Waals surface area contributed by atoms with Gasteiger partial charge in [0.25, 0.3) is 0 Å². The molecule has 0 amide bonds. The van der Waals surface area contributed by atoms with E-state index in [4.69, 9.17) is 0 Å². The Balaban J connectivity index is 3.99. The first kappa shape index (κ1) is 11.8. The molecule has 0 N–H and O–H groups in total. The molecule has 0 bridgehead atoms. The molecule has 0 atom stereocenters. The van der Waals surface area contributed by atoms with Gasteiger partial charge in [-0.15, -0.1) is 0 Å². The van der Waals surface area contributed by atoms with E-state index in [1.165, 1.54) is 0 Å². The predicted molar refractivity (Wildman–Crippen MR) is 56.0 cm³/mol. The fraction of sp³-hybridized carbons (Fsp3) is 0.778. The normalized spacial score (nSPS) is 12.3. The number of carbonyl (C=O) groups is 1. The molecular formula is C9H18NOP. The summed E-state index contributed by atoms with van der Waals surface area (Å²) in [5.74, 6) is 0. The highest BCUT2D eigenvalue weighted by molar-refractivity contribution is 7.36. The molecule has 12 heavy (non-hydrogen) atoms. The van der Waals surface area contributed by atoms with Crippen molar-refractivity contribution in [3.05, 3.63) is 0 Å². The fourth-order valence-corrected chi connectivity index (χ4v) is 1.60. The minimum Gasteiger partial charge on any atom is -0.303 e. The number of hydrogen-bond donors (Lipinski definition) is 0. The molecule has 0 fully saturated rings. The van der Waals surface area contributed by atoms with Crippen molar-refractivity contribution in [2.75, 3.05) is 19.4 Å². The van der Waals surface area contributed by atoms with Gasteiger partial charge in [-0.25, -0.2) is 0 Å². The zero-order valence-electron chi connectivity index (χ0n) is 8.21. The maximum absolute atomic E-state index is 10.6. The Morgan fingerprint density at radius 2 is 2.17 bits per heavy atom. The van der Waals surface area contributed by atoms with Gasteiger partial charge in [0.15, 0.2) is 0 Å². The third kappa shape index (κ3) is 4.63. The topological polar surface area (TPSA) is 20.3 Å². The molecule has 0 aromatic rings. The molecule has 0 saturated heterocycles. The van der Waals surface area contributed by atoms with Crippen LogP contribution in [0.5, 0.6) is 0 Å². The highest BCUT2D eigenvalue weighted by atomic mass is 31.1. The van der Waals surface area contributed by atoms with Crippen molar-refractivity contribution >= 4 is 20.8 Å². The third-order valence-electron chi connectivity index (χ3n) is 1.70. The number of hydrogen-bond acceptors (Lipinski definition) is 2. The molecule has 0 aliphatic rings. The lowest BCUT2D eigenvalue weighted by molar-refractivity contribution is -0.115. The van der Waals surface area contributed by atoms with E-state index in [-0.39, 0.29) is 5.41 Å². The van der Waals surface area contributed by atoms with Crippen LogP contribution in [-0.2, 0) is 4.79 Å². The van der Waals surface area contributed by atoms with Crippen molar-refractivity contribution < 1.29 is 4.79 Å². The second-order valence-electron chi connectivity index (χ2n) is 3.62. The molecule has 2 nitrogen and oxygen atoms in total. The molecule has 0 unspecified atom stereocenters. The predicted octanol–water partition coefficient (Wildman–Crippen LogP) is 1.87. The Hall–Kier alpha value is -0.200. The summed E-state index contributed by atoms with van der Waals surface area (Å²) in [6.45, 7) is 7.84. The summed E-state index contributed by atoms with van der Waals surface area (Å²) in [5.41, 5.74) is -0.222. The van der Waals surface area contributed by atoms with Gasteiger partial charge in [-0.1, -0.05) is 35.3 Å². The van der Waals surface area contributed by atoms with Crippen LogP contribution in [-0.4, -0.2) is 36.9 Å². The number of rotatable bonds is 6. The molecular weight excluding hydrogens is 169 g/mol. The van der Waals surface area contributed by atoms with Crippen molar-refractivity contribution in [2.24, 2.45) is 5.41 Å². The van der Waals surface area contributed by atoms with Crippen LogP contribution in [0, 0.1) is 5.41 Å². The van der Waals surface area contributed by atoms with Gasteiger partial charge in [-0.05, 0) is 6.54 Å². The van der Waals surface area contributed by atoms with Crippen LogP contribution in [0.1, 0.15) is 20.8 Å². The maximum Gasteiger partial charge on any atom is 0.126 e. The Labute approximate surface area is 76.8 Å². The lowest BCUT2D eigenvalue weighted by Crippen LogP contribution is -2.34. The van der Waals surface area contributed by atoms with Crippen LogP contribution in [0.15, 0.2) is 0 Å². The van der Waals surface area contributed by atoms with E-state index < -0.39 is 0 Å². The van der Waals surface area contributed by atoms with Gasteiger partial charge < -0.3 is 4.79 Å². The minimum atomic E-state index is -0.222. The van der Waals surface area contributed by atoms with Gasteiger partial charge >= 0.3 is 0 Å². The first-order chi connectivity index (χ1) is 5.55. The van der Waals surface area contributed by atoms with E-state index in [0.717, 1.165) is 33.9 Å². The Bertz CT molecular complexity index is 157. The molecule has 0 aromatic heterocycles. The van der Waals surface area contributed by atoms with Gasteiger partial charge in [0.1, 0.15) is 6.29 Å². The quantitative estimate of drug-likeness (QED) is 0.467. The van der Waals surface area contributed by atoms with Crippen LogP contribution in [0.4, 0.5) is 0 Å². The Morgan fingerprint density at radius 3 is 2.50 bits per heavy atom. The monoisotopic (exact) mass is 187 g/mol. The van der Waals surface area contributed by atoms with Gasteiger partial charge in [0, 0.05) is 18.2 Å². The smallest absolute Gasteiger partial charge is 0.126 e. The summed E-state index contributed by atoms with van der Waals surface area (Å²) < 4.78 is 0. The number of nitrogens with zero attached hydrogens (tertiary/aromatic N) is 1. The van der Waals surface area contributed by atoms with E-state index in [2.05, 4.69) is 18.1 Å². The molecule has 0 heterocycles. The summed E-state index contributed by atoms with van der Waals surface area (Å²) in [6.07, 6.45) is 5.75. The van der Waals surface area contributed by atoms with Crippen molar-refractivity contribution in [2.45, 2.75) is 20.8 Å². The molecule has 70 valence electrons. The van der Waals surface area contributed by atoms with E-state index in [0.29, 0.717) is 0 Å². The maximum atomic E-state index is 10.6. The molecule has 0 radical (unpaired) electrons. The highest BCUT2D eigenvalue weighted by Gasteiger charge is 2.19. The highest BCUT2D eigenvalue weighted by Crippen LogP contribution is 2.14. The number of carbonyl (C=O) groups excluding carboxylic acids is 1. The average molecular weight is 187 g/mol. The van der Waals surface area contributed by atoms with Crippen LogP contribution in [0.2, 0.25) is 0 Å². The van der Waals surface area contributed by atoms with Crippen LogP contribution < -0.4 is 0 Å². The zero-order chi connectivity index (χ0) is 9.61. The molecule has 0 aliphatic heterocycles. The minimum absolute atomic E-state index is 0.222. The molecule has 0 aromatic carbocycles. The second-order valence-corrected chi connectivity index (χ2v) is 4.35. The Kier molecular flexibility index (Phi) is 5.36. The molecule has 0 saturated carbocycles. The third-order valence-corrected chi connectivity index (χ3v) is 2.30. The first-order valence-corrected chi connectivity index (χ1v) is 5.43.